The van der Waals surface area contributed by atoms with E-state index in [9.17, 15) is 12.8 Å². The predicted octanol–water partition coefficient (Wildman–Crippen LogP) is 3.48. The van der Waals surface area contributed by atoms with Crippen molar-refractivity contribution in [2.24, 2.45) is 5.92 Å². The van der Waals surface area contributed by atoms with Gasteiger partial charge in [-0.3, -0.25) is 4.68 Å². The Morgan fingerprint density at radius 2 is 2.04 bits per heavy atom. The fourth-order valence-corrected chi connectivity index (χ4v) is 4.50. The standard InChI is InChI=1S/C18H21FN4O2S.CH4/c1-26(24,25)23-6-4-13(5-7-23)11-22-12-14(9-21-22)17-10-20-18-8-15(19)2-3-16(17)18;/h2-3,8-10,12-13,20H,4-7,11H2,1H3;1H4. The van der Waals surface area contributed by atoms with Gasteiger partial charge in [-0.25, -0.2) is 17.1 Å². The molecule has 0 radical (unpaired) electrons. The maximum atomic E-state index is 13.3. The third-order valence-corrected chi connectivity index (χ3v) is 6.38. The molecule has 1 aromatic carbocycles. The van der Waals surface area contributed by atoms with Crippen LogP contribution in [0.4, 0.5) is 4.39 Å². The first-order valence-corrected chi connectivity index (χ1v) is 10.5. The van der Waals surface area contributed by atoms with Crippen molar-refractivity contribution in [1.29, 1.82) is 0 Å². The lowest BCUT2D eigenvalue weighted by Crippen LogP contribution is -2.38. The fourth-order valence-electron chi connectivity index (χ4n) is 3.63. The van der Waals surface area contributed by atoms with Crippen LogP contribution in [-0.2, 0) is 16.6 Å². The van der Waals surface area contributed by atoms with E-state index in [0.29, 0.717) is 19.0 Å². The van der Waals surface area contributed by atoms with Crippen molar-refractivity contribution < 1.29 is 12.8 Å². The van der Waals surface area contributed by atoms with Crippen LogP contribution in [0.5, 0.6) is 0 Å². The molecule has 4 rings (SSSR count). The summed E-state index contributed by atoms with van der Waals surface area (Å²) in [4.78, 5) is 3.10. The van der Waals surface area contributed by atoms with Gasteiger partial charge in [-0.2, -0.15) is 5.10 Å². The van der Waals surface area contributed by atoms with Crippen molar-refractivity contribution in [2.75, 3.05) is 19.3 Å². The van der Waals surface area contributed by atoms with Crippen molar-refractivity contribution >= 4 is 20.9 Å². The van der Waals surface area contributed by atoms with Crippen LogP contribution in [0.25, 0.3) is 22.0 Å². The van der Waals surface area contributed by atoms with Crippen LogP contribution in [-0.4, -0.2) is 46.8 Å². The van der Waals surface area contributed by atoms with Gasteiger partial charge >= 0.3 is 0 Å². The van der Waals surface area contributed by atoms with Gasteiger partial charge in [-0.05, 0) is 37.0 Å². The lowest BCUT2D eigenvalue weighted by atomic mass is 9.98. The van der Waals surface area contributed by atoms with Gasteiger partial charge < -0.3 is 4.98 Å². The summed E-state index contributed by atoms with van der Waals surface area (Å²) in [6.45, 7) is 1.92. The minimum absolute atomic E-state index is 0. The van der Waals surface area contributed by atoms with Gasteiger partial charge in [-0.1, -0.05) is 7.43 Å². The van der Waals surface area contributed by atoms with Crippen LogP contribution in [0.1, 0.15) is 20.3 Å². The van der Waals surface area contributed by atoms with Gasteiger partial charge in [0.25, 0.3) is 0 Å². The Hall–Kier alpha value is -2.19. The molecule has 3 aromatic rings. The molecule has 0 atom stereocenters. The maximum absolute atomic E-state index is 13.3. The normalized spacial score (nSPS) is 16.5. The molecule has 8 heteroatoms. The summed E-state index contributed by atoms with van der Waals surface area (Å²) in [6.07, 6.45) is 8.63. The maximum Gasteiger partial charge on any atom is 0.211 e. The monoisotopic (exact) mass is 392 g/mol. The molecule has 1 N–H and O–H groups in total. The number of hydrogen-bond donors (Lipinski definition) is 1. The van der Waals surface area contributed by atoms with Crippen molar-refractivity contribution in [2.45, 2.75) is 26.8 Å². The molecule has 3 heterocycles. The van der Waals surface area contributed by atoms with E-state index >= 15 is 0 Å². The second kappa shape index (κ2) is 7.44. The largest absolute Gasteiger partial charge is 0.360 e. The first-order valence-electron chi connectivity index (χ1n) is 8.65. The Bertz CT molecular complexity index is 1030. The van der Waals surface area contributed by atoms with E-state index in [2.05, 4.69) is 10.1 Å². The molecule has 146 valence electrons. The lowest BCUT2D eigenvalue weighted by Gasteiger charge is -2.30. The van der Waals surface area contributed by atoms with Crippen LogP contribution in [0.3, 0.4) is 0 Å². The second-order valence-corrected chi connectivity index (χ2v) is 8.93. The van der Waals surface area contributed by atoms with Crippen LogP contribution in [0.2, 0.25) is 0 Å². The smallest absolute Gasteiger partial charge is 0.211 e. The highest BCUT2D eigenvalue weighted by molar-refractivity contribution is 7.88. The zero-order valence-corrected chi connectivity index (χ0v) is 15.3. The number of benzene rings is 1. The van der Waals surface area contributed by atoms with E-state index in [4.69, 9.17) is 0 Å². The number of aromatic amines is 1. The highest BCUT2D eigenvalue weighted by atomic mass is 32.2. The minimum atomic E-state index is -3.09. The zero-order chi connectivity index (χ0) is 18.3. The molecule has 1 saturated heterocycles. The number of hydrogen-bond acceptors (Lipinski definition) is 3. The third kappa shape index (κ3) is 4.06. The molecule has 6 nitrogen and oxygen atoms in total. The summed E-state index contributed by atoms with van der Waals surface area (Å²) in [5.41, 5.74) is 2.75. The van der Waals surface area contributed by atoms with Crippen molar-refractivity contribution in [1.82, 2.24) is 19.1 Å². The summed E-state index contributed by atoms with van der Waals surface area (Å²) >= 11 is 0. The molecule has 27 heavy (non-hydrogen) atoms. The molecule has 2 aromatic heterocycles. The molecule has 0 bridgehead atoms. The molecule has 1 aliphatic rings. The number of piperidine rings is 1. The number of H-pyrrole nitrogens is 1. The first-order chi connectivity index (χ1) is 12.4. The van der Waals surface area contributed by atoms with Crippen molar-refractivity contribution in [3.05, 3.63) is 42.6 Å². The average molecular weight is 393 g/mol. The third-order valence-electron chi connectivity index (χ3n) is 5.08. The molecular weight excluding hydrogens is 367 g/mol. The van der Waals surface area contributed by atoms with Gasteiger partial charge in [0.15, 0.2) is 0 Å². The number of rotatable bonds is 4. The molecule has 0 amide bonds. The summed E-state index contributed by atoms with van der Waals surface area (Å²) in [5.74, 6) is 0.153. The van der Waals surface area contributed by atoms with E-state index in [1.807, 2.05) is 23.3 Å². The zero-order valence-electron chi connectivity index (χ0n) is 14.5. The molecular formula is C19H25FN4O2S. The Morgan fingerprint density at radius 1 is 1.30 bits per heavy atom. The Balaban J connectivity index is 0.00000210. The van der Waals surface area contributed by atoms with Gasteiger partial charge in [-0.15, -0.1) is 0 Å². The SMILES string of the molecule is C.CS(=O)(=O)N1CCC(Cn2cc(-c3c[nH]c4cc(F)ccc34)cn2)CC1. The van der Waals surface area contributed by atoms with E-state index in [-0.39, 0.29) is 13.2 Å². The summed E-state index contributed by atoms with van der Waals surface area (Å²) < 4.78 is 40.0. The first kappa shape index (κ1) is 19.6. The number of sulfonamides is 1. The summed E-state index contributed by atoms with van der Waals surface area (Å²) in [6, 6.07) is 4.72. The average Bonchev–Trinajstić information content (AvgIpc) is 3.20. The van der Waals surface area contributed by atoms with Crippen LogP contribution < -0.4 is 0 Å². The number of halogens is 1. The number of nitrogens with one attached hydrogen (secondary N) is 1. The van der Waals surface area contributed by atoms with Crippen molar-refractivity contribution in [3.63, 3.8) is 0 Å². The number of aromatic nitrogens is 3. The Labute approximate surface area is 159 Å². The van der Waals surface area contributed by atoms with Gasteiger partial charge in [0, 0.05) is 54.1 Å². The van der Waals surface area contributed by atoms with Crippen LogP contribution in [0, 0.1) is 11.7 Å². The van der Waals surface area contributed by atoms with Gasteiger partial charge in [0.05, 0.1) is 12.5 Å². The molecule has 1 fully saturated rings. The van der Waals surface area contributed by atoms with Crippen LogP contribution >= 0.6 is 0 Å². The molecule has 1 aliphatic heterocycles. The second-order valence-electron chi connectivity index (χ2n) is 6.95. The number of nitrogens with zero attached hydrogens (tertiary/aromatic N) is 3. The topological polar surface area (TPSA) is 71.0 Å². The molecule has 0 spiro atoms. The van der Waals surface area contributed by atoms with Crippen molar-refractivity contribution in [3.8, 4) is 11.1 Å². The van der Waals surface area contributed by atoms with E-state index in [0.717, 1.165) is 41.4 Å². The summed E-state index contributed by atoms with van der Waals surface area (Å²) in [5, 5.41) is 5.42. The molecule has 0 aliphatic carbocycles. The molecule has 0 unspecified atom stereocenters. The Kier molecular flexibility index (Phi) is 5.39. The van der Waals surface area contributed by atoms with E-state index in [1.165, 1.54) is 18.4 Å². The summed E-state index contributed by atoms with van der Waals surface area (Å²) in [7, 11) is -3.09. The predicted molar refractivity (Wildman–Crippen MR) is 105 cm³/mol. The quantitative estimate of drug-likeness (QED) is 0.739. The number of fused-ring (bicyclic) bond motifs is 1. The Morgan fingerprint density at radius 3 is 2.74 bits per heavy atom. The molecule has 0 saturated carbocycles. The van der Waals surface area contributed by atoms with E-state index < -0.39 is 10.0 Å². The van der Waals surface area contributed by atoms with E-state index in [1.54, 1.807) is 10.4 Å². The van der Waals surface area contributed by atoms with Crippen LogP contribution in [0.15, 0.2) is 36.8 Å². The van der Waals surface area contributed by atoms with Gasteiger partial charge in [0.2, 0.25) is 10.0 Å². The lowest BCUT2D eigenvalue weighted by molar-refractivity contribution is 0.248. The van der Waals surface area contributed by atoms with Gasteiger partial charge in [0.1, 0.15) is 5.82 Å². The fraction of sp³-hybridized carbons (Fsp3) is 0.421. The highest BCUT2D eigenvalue weighted by Gasteiger charge is 2.25. The highest BCUT2D eigenvalue weighted by Crippen LogP contribution is 2.29. The minimum Gasteiger partial charge on any atom is -0.360 e.